The monoisotopic (exact) mass is 224 g/mol. The van der Waals surface area contributed by atoms with Crippen molar-refractivity contribution in [2.75, 3.05) is 0 Å². The highest BCUT2D eigenvalue weighted by atomic mass is 19.4. The number of rotatable bonds is 3. The first-order valence-corrected chi connectivity index (χ1v) is 4.43. The van der Waals surface area contributed by atoms with E-state index in [1.165, 1.54) is 6.92 Å². The molecule has 0 aliphatic carbocycles. The number of nitrogens with one attached hydrogen (secondary N) is 2. The van der Waals surface area contributed by atoms with Crippen molar-refractivity contribution in [1.82, 2.24) is 10.6 Å². The van der Waals surface area contributed by atoms with E-state index in [2.05, 4.69) is 5.32 Å². The summed E-state index contributed by atoms with van der Waals surface area (Å²) < 4.78 is 35.5. The van der Waals surface area contributed by atoms with Crippen LogP contribution in [0.1, 0.15) is 26.2 Å². The van der Waals surface area contributed by atoms with Crippen LogP contribution in [-0.4, -0.2) is 23.7 Å². The van der Waals surface area contributed by atoms with Crippen LogP contribution in [0.3, 0.4) is 0 Å². The lowest BCUT2D eigenvalue weighted by atomic mass is 9.95. The van der Waals surface area contributed by atoms with Crippen molar-refractivity contribution in [3.8, 4) is 0 Å². The predicted molar refractivity (Wildman–Crippen MR) is 45.0 cm³/mol. The second-order valence-electron chi connectivity index (χ2n) is 3.71. The molecule has 1 unspecified atom stereocenters. The second kappa shape index (κ2) is 3.71. The molecule has 2 N–H and O–H groups in total. The van der Waals surface area contributed by atoms with Crippen molar-refractivity contribution in [1.29, 1.82) is 0 Å². The highest BCUT2D eigenvalue weighted by molar-refractivity contribution is 6.06. The number of imide groups is 1. The lowest BCUT2D eigenvalue weighted by Gasteiger charge is -2.20. The largest absolute Gasteiger partial charge is 0.389 e. The van der Waals surface area contributed by atoms with E-state index in [1.54, 1.807) is 0 Å². The third-order valence-electron chi connectivity index (χ3n) is 2.25. The number of alkyl halides is 3. The zero-order valence-corrected chi connectivity index (χ0v) is 8.07. The summed E-state index contributed by atoms with van der Waals surface area (Å²) >= 11 is 0. The first-order chi connectivity index (χ1) is 6.73. The fourth-order valence-electron chi connectivity index (χ4n) is 1.40. The minimum atomic E-state index is -4.23. The number of carbonyl (C=O) groups excluding carboxylic acids is 2. The van der Waals surface area contributed by atoms with Gasteiger partial charge in [0.1, 0.15) is 5.54 Å². The average molecular weight is 224 g/mol. The first kappa shape index (κ1) is 11.8. The maximum absolute atomic E-state index is 11.8. The molecule has 1 saturated heterocycles. The molecule has 1 fully saturated rings. The normalized spacial score (nSPS) is 26.4. The van der Waals surface area contributed by atoms with E-state index in [-0.39, 0.29) is 12.8 Å². The Hall–Kier alpha value is -1.27. The van der Waals surface area contributed by atoms with Gasteiger partial charge in [0.2, 0.25) is 0 Å². The number of urea groups is 1. The maximum atomic E-state index is 11.8. The Kier molecular flexibility index (Phi) is 2.92. The smallest absolute Gasteiger partial charge is 0.324 e. The van der Waals surface area contributed by atoms with Gasteiger partial charge in [0.25, 0.3) is 5.91 Å². The predicted octanol–water partition coefficient (Wildman–Crippen LogP) is 1.32. The van der Waals surface area contributed by atoms with Crippen LogP contribution < -0.4 is 10.6 Å². The highest BCUT2D eigenvalue weighted by Gasteiger charge is 2.42. The maximum Gasteiger partial charge on any atom is 0.389 e. The van der Waals surface area contributed by atoms with Gasteiger partial charge in [-0.2, -0.15) is 13.2 Å². The Morgan fingerprint density at radius 2 is 1.93 bits per heavy atom. The van der Waals surface area contributed by atoms with E-state index in [4.69, 9.17) is 0 Å². The lowest BCUT2D eigenvalue weighted by Crippen LogP contribution is -2.43. The van der Waals surface area contributed by atoms with Crippen LogP contribution in [0.2, 0.25) is 0 Å². The Balaban J connectivity index is 2.44. The molecule has 1 aliphatic heterocycles. The molecule has 0 radical (unpaired) electrons. The number of halogens is 3. The van der Waals surface area contributed by atoms with E-state index in [0.717, 1.165) is 0 Å². The molecule has 1 rings (SSSR count). The quantitative estimate of drug-likeness (QED) is 0.710. The van der Waals surface area contributed by atoms with Crippen LogP contribution in [-0.2, 0) is 4.79 Å². The van der Waals surface area contributed by atoms with Crippen LogP contribution in [0.15, 0.2) is 0 Å². The minimum Gasteiger partial charge on any atom is -0.324 e. The van der Waals surface area contributed by atoms with Crippen LogP contribution >= 0.6 is 0 Å². The number of carbonyl (C=O) groups is 2. The summed E-state index contributed by atoms with van der Waals surface area (Å²) in [6.45, 7) is 1.41. The van der Waals surface area contributed by atoms with Crippen LogP contribution in [0.25, 0.3) is 0 Å². The summed E-state index contributed by atoms with van der Waals surface area (Å²) in [5, 5.41) is 4.28. The van der Waals surface area contributed by atoms with Crippen molar-refractivity contribution in [3.05, 3.63) is 0 Å². The van der Waals surface area contributed by atoms with Gasteiger partial charge in [-0.05, 0) is 19.8 Å². The van der Waals surface area contributed by atoms with E-state index in [1.807, 2.05) is 5.32 Å². The molecule has 0 spiro atoms. The van der Waals surface area contributed by atoms with E-state index >= 15 is 0 Å². The zero-order chi connectivity index (χ0) is 11.7. The van der Waals surface area contributed by atoms with Gasteiger partial charge in [-0.3, -0.25) is 10.1 Å². The number of hydrogen-bond acceptors (Lipinski definition) is 2. The molecule has 7 heteroatoms. The SMILES string of the molecule is CC1(CCCC(F)(F)F)NC(=O)NC1=O. The lowest BCUT2D eigenvalue weighted by molar-refractivity contribution is -0.137. The van der Waals surface area contributed by atoms with Crippen molar-refractivity contribution < 1.29 is 22.8 Å². The molecule has 0 bridgehead atoms. The van der Waals surface area contributed by atoms with Crippen molar-refractivity contribution >= 4 is 11.9 Å². The molecular weight excluding hydrogens is 213 g/mol. The molecule has 1 aliphatic rings. The summed E-state index contributed by atoms with van der Waals surface area (Å²) in [6, 6.07) is -0.658. The zero-order valence-electron chi connectivity index (χ0n) is 8.07. The summed E-state index contributed by atoms with van der Waals surface area (Å²) in [5.74, 6) is -0.574. The van der Waals surface area contributed by atoms with Gasteiger partial charge in [-0.15, -0.1) is 0 Å². The Labute approximate surface area is 84.2 Å². The van der Waals surface area contributed by atoms with Gasteiger partial charge >= 0.3 is 12.2 Å². The van der Waals surface area contributed by atoms with Crippen molar-refractivity contribution in [3.63, 3.8) is 0 Å². The summed E-state index contributed by atoms with van der Waals surface area (Å²) in [6.07, 6.45) is -5.39. The van der Waals surface area contributed by atoms with Crippen LogP contribution in [0.4, 0.5) is 18.0 Å². The van der Waals surface area contributed by atoms with Gasteiger partial charge in [0, 0.05) is 6.42 Å². The molecule has 4 nitrogen and oxygen atoms in total. The van der Waals surface area contributed by atoms with Crippen molar-refractivity contribution in [2.45, 2.75) is 37.9 Å². The van der Waals surface area contributed by atoms with E-state index in [0.29, 0.717) is 0 Å². The van der Waals surface area contributed by atoms with Gasteiger partial charge in [-0.1, -0.05) is 0 Å². The van der Waals surface area contributed by atoms with Gasteiger partial charge < -0.3 is 5.32 Å². The summed E-state index contributed by atoms with van der Waals surface area (Å²) in [4.78, 5) is 22.0. The third-order valence-corrected chi connectivity index (χ3v) is 2.25. The second-order valence-corrected chi connectivity index (χ2v) is 3.71. The molecule has 1 heterocycles. The fourth-order valence-corrected chi connectivity index (χ4v) is 1.40. The highest BCUT2D eigenvalue weighted by Crippen LogP contribution is 2.25. The first-order valence-electron chi connectivity index (χ1n) is 4.43. The topological polar surface area (TPSA) is 58.2 Å². The van der Waals surface area contributed by atoms with Crippen molar-refractivity contribution in [2.24, 2.45) is 0 Å². The van der Waals surface area contributed by atoms with Crippen LogP contribution in [0.5, 0.6) is 0 Å². The Bertz CT molecular complexity index is 290. The minimum absolute atomic E-state index is 0.0237. The molecule has 0 saturated carbocycles. The molecule has 15 heavy (non-hydrogen) atoms. The third kappa shape index (κ3) is 3.10. The molecule has 1 atom stereocenters. The van der Waals surface area contributed by atoms with E-state index in [9.17, 15) is 22.8 Å². The van der Waals surface area contributed by atoms with Gasteiger partial charge in [0.15, 0.2) is 0 Å². The Morgan fingerprint density at radius 3 is 2.33 bits per heavy atom. The number of amides is 3. The summed E-state index contributed by atoms with van der Waals surface area (Å²) in [7, 11) is 0. The van der Waals surface area contributed by atoms with E-state index < -0.39 is 30.1 Å². The fraction of sp³-hybridized carbons (Fsp3) is 0.750. The Morgan fingerprint density at radius 1 is 1.33 bits per heavy atom. The summed E-state index contributed by atoms with van der Waals surface area (Å²) in [5.41, 5.74) is -1.21. The van der Waals surface area contributed by atoms with Crippen LogP contribution in [0, 0.1) is 0 Å². The number of hydrogen-bond donors (Lipinski definition) is 2. The standard InChI is InChI=1S/C8H11F3N2O2/c1-7(3-2-4-8(9,10)11)5(14)12-6(15)13-7/h2-4H2,1H3,(H2,12,13,14,15). The molecule has 3 amide bonds. The molecule has 86 valence electrons. The average Bonchev–Trinajstić information content (AvgIpc) is 2.23. The van der Waals surface area contributed by atoms with Gasteiger partial charge in [-0.25, -0.2) is 4.79 Å². The molecule has 0 aromatic heterocycles. The van der Waals surface area contributed by atoms with Gasteiger partial charge in [0.05, 0.1) is 0 Å². The molecule has 0 aromatic carbocycles. The molecular formula is C8H11F3N2O2. The molecule has 0 aromatic rings.